The fourth-order valence-electron chi connectivity index (χ4n) is 3.34. The molecule has 1 saturated heterocycles. The van der Waals surface area contributed by atoms with Crippen LogP contribution in [0.15, 0.2) is 66.4 Å². The molecular weight excluding hydrogens is 590 g/mol. The summed E-state index contributed by atoms with van der Waals surface area (Å²) in [5.41, 5.74) is 2.25. The molecule has 0 spiro atoms. The lowest BCUT2D eigenvalue weighted by Crippen LogP contribution is -2.30. The maximum atomic E-state index is 12.9. The summed E-state index contributed by atoms with van der Waals surface area (Å²) in [5.74, 6) is 0.689. The first-order valence-corrected chi connectivity index (χ1v) is 12.2. The first kappa shape index (κ1) is 24.4. The molecule has 0 aromatic heterocycles. The van der Waals surface area contributed by atoms with Gasteiger partial charge in [-0.15, -0.1) is 0 Å². The molecule has 9 heteroatoms. The van der Waals surface area contributed by atoms with E-state index in [1.165, 1.54) is 0 Å². The van der Waals surface area contributed by atoms with Gasteiger partial charge >= 0.3 is 6.03 Å². The third-order valence-electron chi connectivity index (χ3n) is 4.90. The summed E-state index contributed by atoms with van der Waals surface area (Å²) in [4.78, 5) is 26.5. The minimum absolute atomic E-state index is 0.160. The van der Waals surface area contributed by atoms with E-state index in [-0.39, 0.29) is 5.70 Å². The Balaban J connectivity index is 1.59. The fraction of sp³-hybridized carbons (Fsp3) is 0.120. The van der Waals surface area contributed by atoms with Crippen molar-refractivity contribution in [3.63, 3.8) is 0 Å². The average molecular weight is 609 g/mol. The number of halogens is 3. The van der Waals surface area contributed by atoms with E-state index in [0.29, 0.717) is 46.0 Å². The summed E-state index contributed by atoms with van der Waals surface area (Å²) in [6.07, 6.45) is 1.61. The standard InChI is InChI=1S/C25H19Cl2IN2O4/c1-2-33-22-13-16(11-20(28)23(22)34-14-15-3-5-17(26)6-4-15)12-21-24(31)30(25(32)29-21)19-9-7-18(27)8-10-19/h3-13H,2,14H2,1H3,(H,29,32)/b21-12+. The Morgan fingerprint density at radius 2 is 1.62 bits per heavy atom. The van der Waals surface area contributed by atoms with Crippen LogP contribution < -0.4 is 19.7 Å². The van der Waals surface area contributed by atoms with Crippen LogP contribution in [0, 0.1) is 3.57 Å². The molecule has 1 heterocycles. The lowest BCUT2D eigenvalue weighted by molar-refractivity contribution is -0.113. The van der Waals surface area contributed by atoms with E-state index in [4.69, 9.17) is 32.7 Å². The third kappa shape index (κ3) is 5.48. The zero-order chi connectivity index (χ0) is 24.2. The molecule has 0 saturated carbocycles. The Hall–Kier alpha value is -2.75. The topological polar surface area (TPSA) is 67.9 Å². The number of benzene rings is 3. The monoisotopic (exact) mass is 608 g/mol. The smallest absolute Gasteiger partial charge is 0.333 e. The molecule has 34 heavy (non-hydrogen) atoms. The highest BCUT2D eigenvalue weighted by Crippen LogP contribution is 2.36. The highest BCUT2D eigenvalue weighted by Gasteiger charge is 2.34. The van der Waals surface area contributed by atoms with Crippen LogP contribution >= 0.6 is 45.8 Å². The number of ether oxygens (including phenoxy) is 2. The van der Waals surface area contributed by atoms with Crippen molar-refractivity contribution in [3.8, 4) is 11.5 Å². The van der Waals surface area contributed by atoms with Crippen molar-refractivity contribution in [2.75, 3.05) is 11.5 Å². The number of urea groups is 1. The van der Waals surface area contributed by atoms with Crippen LogP contribution in [-0.2, 0) is 11.4 Å². The Kier molecular flexibility index (Phi) is 7.65. The van der Waals surface area contributed by atoms with E-state index < -0.39 is 11.9 Å². The van der Waals surface area contributed by atoms with Gasteiger partial charge in [-0.25, -0.2) is 9.69 Å². The summed E-state index contributed by atoms with van der Waals surface area (Å²) in [7, 11) is 0. The SMILES string of the molecule is CCOc1cc(/C=C2/NC(=O)N(c3ccc(Cl)cc3)C2=O)cc(I)c1OCc1ccc(Cl)cc1. The van der Waals surface area contributed by atoms with Gasteiger partial charge in [-0.3, -0.25) is 4.79 Å². The zero-order valence-corrected chi connectivity index (χ0v) is 21.6. The molecule has 0 bridgehead atoms. The summed E-state index contributed by atoms with van der Waals surface area (Å²) >= 11 is 14.0. The molecule has 0 unspecified atom stereocenters. The number of amides is 3. The second-order valence-corrected chi connectivity index (χ2v) is 9.32. The lowest BCUT2D eigenvalue weighted by Gasteiger charge is -2.15. The molecule has 1 aliphatic rings. The maximum Gasteiger partial charge on any atom is 0.333 e. The number of anilines is 1. The van der Waals surface area contributed by atoms with Crippen molar-refractivity contribution in [1.82, 2.24) is 5.32 Å². The highest BCUT2D eigenvalue weighted by molar-refractivity contribution is 14.1. The van der Waals surface area contributed by atoms with Gasteiger partial charge in [0.25, 0.3) is 5.91 Å². The van der Waals surface area contributed by atoms with Crippen LogP contribution in [0.5, 0.6) is 11.5 Å². The number of imide groups is 1. The van der Waals surface area contributed by atoms with Crippen molar-refractivity contribution in [2.45, 2.75) is 13.5 Å². The largest absolute Gasteiger partial charge is 0.490 e. The van der Waals surface area contributed by atoms with Gasteiger partial charge < -0.3 is 14.8 Å². The second-order valence-electron chi connectivity index (χ2n) is 7.28. The first-order chi connectivity index (χ1) is 16.4. The van der Waals surface area contributed by atoms with Gasteiger partial charge in [0.15, 0.2) is 11.5 Å². The predicted octanol–water partition coefficient (Wildman–Crippen LogP) is 6.67. The highest BCUT2D eigenvalue weighted by atomic mass is 127. The van der Waals surface area contributed by atoms with Crippen molar-refractivity contribution < 1.29 is 19.1 Å². The van der Waals surface area contributed by atoms with Crippen LogP contribution in [-0.4, -0.2) is 18.5 Å². The minimum atomic E-state index is -0.527. The van der Waals surface area contributed by atoms with Gasteiger partial charge in [0.2, 0.25) is 0 Å². The van der Waals surface area contributed by atoms with Crippen molar-refractivity contribution in [3.05, 3.63) is 91.1 Å². The van der Waals surface area contributed by atoms with Gasteiger partial charge in [0.1, 0.15) is 12.3 Å². The number of nitrogens with one attached hydrogen (secondary N) is 1. The van der Waals surface area contributed by atoms with E-state index in [2.05, 4.69) is 27.9 Å². The molecule has 0 atom stereocenters. The number of rotatable bonds is 7. The molecule has 174 valence electrons. The predicted molar refractivity (Wildman–Crippen MR) is 142 cm³/mol. The van der Waals surface area contributed by atoms with Crippen LogP contribution in [0.3, 0.4) is 0 Å². The van der Waals surface area contributed by atoms with Crippen molar-refractivity contribution in [2.24, 2.45) is 0 Å². The number of hydrogen-bond donors (Lipinski definition) is 1. The van der Waals surface area contributed by atoms with Crippen LogP contribution in [0.25, 0.3) is 6.08 Å². The number of hydrogen-bond acceptors (Lipinski definition) is 4. The Morgan fingerprint density at radius 3 is 2.26 bits per heavy atom. The Bertz CT molecular complexity index is 1260. The van der Waals surface area contributed by atoms with Gasteiger partial charge in [0.05, 0.1) is 15.9 Å². The molecule has 3 aromatic rings. The van der Waals surface area contributed by atoms with Gasteiger partial charge in [-0.2, -0.15) is 0 Å². The normalized spacial score (nSPS) is 14.5. The van der Waals surface area contributed by atoms with Crippen molar-refractivity contribution >= 4 is 69.5 Å². The number of carbonyl (C=O) groups is 2. The quantitative estimate of drug-likeness (QED) is 0.185. The summed E-state index contributed by atoms with van der Waals surface area (Å²) < 4.78 is 12.6. The molecule has 0 aliphatic carbocycles. The van der Waals surface area contributed by atoms with Crippen LogP contribution in [0.4, 0.5) is 10.5 Å². The summed E-state index contributed by atoms with van der Waals surface area (Å²) in [5, 5.41) is 3.81. The molecule has 3 amide bonds. The van der Waals surface area contributed by atoms with E-state index in [1.807, 2.05) is 37.3 Å². The van der Waals surface area contributed by atoms with Gasteiger partial charge in [-0.1, -0.05) is 35.3 Å². The summed E-state index contributed by atoms with van der Waals surface area (Å²) in [6.45, 7) is 2.66. The number of nitrogens with zero attached hydrogens (tertiary/aromatic N) is 1. The van der Waals surface area contributed by atoms with E-state index in [0.717, 1.165) is 14.0 Å². The second kappa shape index (κ2) is 10.7. The maximum absolute atomic E-state index is 12.9. The van der Waals surface area contributed by atoms with E-state index in [9.17, 15) is 9.59 Å². The van der Waals surface area contributed by atoms with E-state index in [1.54, 1.807) is 36.4 Å². The molecule has 3 aromatic carbocycles. The molecule has 0 radical (unpaired) electrons. The van der Waals surface area contributed by atoms with Gasteiger partial charge in [-0.05, 0) is 95.2 Å². The van der Waals surface area contributed by atoms with Crippen LogP contribution in [0.2, 0.25) is 10.0 Å². The minimum Gasteiger partial charge on any atom is -0.490 e. The molecule has 6 nitrogen and oxygen atoms in total. The summed E-state index contributed by atoms with van der Waals surface area (Å²) in [6, 6.07) is 17.0. The molecule has 1 fully saturated rings. The van der Waals surface area contributed by atoms with E-state index >= 15 is 0 Å². The average Bonchev–Trinajstić information content (AvgIpc) is 3.08. The van der Waals surface area contributed by atoms with Crippen LogP contribution in [0.1, 0.15) is 18.1 Å². The number of carbonyl (C=O) groups excluding carboxylic acids is 2. The first-order valence-electron chi connectivity index (χ1n) is 10.3. The molecule has 1 N–H and O–H groups in total. The molecular formula is C25H19Cl2IN2O4. The fourth-order valence-corrected chi connectivity index (χ4v) is 4.37. The zero-order valence-electron chi connectivity index (χ0n) is 18.0. The lowest BCUT2D eigenvalue weighted by atomic mass is 10.1. The third-order valence-corrected chi connectivity index (χ3v) is 6.21. The Labute approximate surface area is 220 Å². The molecule has 4 rings (SSSR count). The Morgan fingerprint density at radius 1 is 0.971 bits per heavy atom. The molecule has 1 aliphatic heterocycles. The van der Waals surface area contributed by atoms with Gasteiger partial charge in [0, 0.05) is 10.0 Å². The van der Waals surface area contributed by atoms with Crippen molar-refractivity contribution in [1.29, 1.82) is 0 Å².